The molecule has 0 fully saturated rings. The van der Waals surface area contributed by atoms with Gasteiger partial charge in [-0.05, 0) is 55.2 Å². The summed E-state index contributed by atoms with van der Waals surface area (Å²) in [5.74, 6) is 0. The summed E-state index contributed by atoms with van der Waals surface area (Å²) in [4.78, 5) is 18.1. The fourth-order valence-corrected chi connectivity index (χ4v) is 4.92. The number of nitrogens with zero attached hydrogens (tertiary/aromatic N) is 3. The van der Waals surface area contributed by atoms with Crippen molar-refractivity contribution in [1.82, 2.24) is 9.78 Å². The summed E-state index contributed by atoms with van der Waals surface area (Å²) in [6.45, 7) is 5.85. The molecular formula is C28H31N5O3S. The Bertz CT molecular complexity index is 1600. The van der Waals surface area contributed by atoms with Crippen LogP contribution in [0.25, 0.3) is 5.69 Å². The number of hydrazine groups is 1. The number of rotatable bonds is 9. The predicted molar refractivity (Wildman–Crippen MR) is 151 cm³/mol. The number of hydrogen-bond donors (Lipinski definition) is 2. The van der Waals surface area contributed by atoms with Crippen molar-refractivity contribution in [2.75, 3.05) is 16.1 Å². The molecule has 8 nitrogen and oxygen atoms in total. The fourth-order valence-electron chi connectivity index (χ4n) is 4.14. The number of para-hydroxylation sites is 4. The molecule has 0 unspecified atom stereocenters. The lowest BCUT2D eigenvalue weighted by Gasteiger charge is -2.27. The zero-order valence-electron chi connectivity index (χ0n) is 21.4. The van der Waals surface area contributed by atoms with Crippen LogP contribution in [-0.2, 0) is 22.9 Å². The van der Waals surface area contributed by atoms with Crippen molar-refractivity contribution < 1.29 is 8.42 Å². The molecule has 0 aliphatic rings. The van der Waals surface area contributed by atoms with Gasteiger partial charge in [0.05, 0.1) is 28.9 Å². The second-order valence-corrected chi connectivity index (χ2v) is 10.5. The molecule has 3 aromatic carbocycles. The summed E-state index contributed by atoms with van der Waals surface area (Å²) in [7, 11) is -3.78. The van der Waals surface area contributed by atoms with Gasteiger partial charge < -0.3 is 0 Å². The number of anilines is 2. The summed E-state index contributed by atoms with van der Waals surface area (Å²) in [5, 5.41) is 3.09. The molecule has 192 valence electrons. The van der Waals surface area contributed by atoms with E-state index in [2.05, 4.69) is 22.4 Å². The lowest BCUT2D eigenvalue weighted by molar-refractivity contribution is 0.599. The van der Waals surface area contributed by atoms with Gasteiger partial charge >= 0.3 is 0 Å². The van der Waals surface area contributed by atoms with E-state index < -0.39 is 10.0 Å². The van der Waals surface area contributed by atoms with E-state index in [1.807, 2.05) is 55.5 Å². The Labute approximate surface area is 217 Å². The first kappa shape index (κ1) is 26.0. The number of aryl methyl sites for hydroxylation is 3. The van der Waals surface area contributed by atoms with Crippen molar-refractivity contribution in [1.29, 1.82) is 0 Å². The number of H-pyrrole nitrogens is 1. The highest BCUT2D eigenvalue weighted by Gasteiger charge is 2.24. The molecular weight excluding hydrogens is 486 g/mol. The molecule has 0 aliphatic carbocycles. The average Bonchev–Trinajstić information content (AvgIpc) is 3.18. The predicted octanol–water partition coefficient (Wildman–Crippen LogP) is 5.14. The van der Waals surface area contributed by atoms with E-state index in [9.17, 15) is 13.2 Å². The van der Waals surface area contributed by atoms with Crippen molar-refractivity contribution >= 4 is 33.3 Å². The Morgan fingerprint density at radius 3 is 2.27 bits per heavy atom. The highest BCUT2D eigenvalue weighted by atomic mass is 32.2. The highest BCUT2D eigenvalue weighted by molar-refractivity contribution is 7.92. The van der Waals surface area contributed by atoms with Crippen LogP contribution in [0, 0.1) is 6.92 Å². The molecule has 1 aromatic heterocycles. The van der Waals surface area contributed by atoms with Crippen molar-refractivity contribution in [2.24, 2.45) is 4.99 Å². The van der Waals surface area contributed by atoms with Crippen LogP contribution in [0.15, 0.2) is 82.6 Å². The number of sulfonamides is 1. The number of hydrogen-bond acceptors (Lipinski definition) is 5. The molecule has 0 aliphatic heterocycles. The first-order valence-electron chi connectivity index (χ1n) is 12.1. The van der Waals surface area contributed by atoms with Gasteiger partial charge in [-0.1, -0.05) is 62.4 Å². The van der Waals surface area contributed by atoms with E-state index >= 15 is 0 Å². The van der Waals surface area contributed by atoms with E-state index in [0.717, 1.165) is 40.3 Å². The van der Waals surface area contributed by atoms with Crippen LogP contribution >= 0.6 is 0 Å². The smallest absolute Gasteiger partial charge is 0.280 e. The van der Waals surface area contributed by atoms with E-state index in [1.165, 1.54) is 4.68 Å². The lowest BCUT2D eigenvalue weighted by atomic mass is 10.1. The van der Waals surface area contributed by atoms with Crippen molar-refractivity contribution in [2.45, 2.75) is 33.6 Å². The van der Waals surface area contributed by atoms with Crippen LogP contribution in [0.1, 0.15) is 36.2 Å². The molecule has 1 heterocycles. The first-order valence-corrected chi connectivity index (χ1v) is 14.0. The molecule has 4 aromatic rings. The second-order valence-electron chi connectivity index (χ2n) is 8.67. The van der Waals surface area contributed by atoms with Crippen molar-refractivity contribution in [3.63, 3.8) is 0 Å². The van der Waals surface area contributed by atoms with E-state index in [4.69, 9.17) is 0 Å². The Hall–Kier alpha value is -4.11. The lowest BCUT2D eigenvalue weighted by Crippen LogP contribution is -2.37. The average molecular weight is 518 g/mol. The summed E-state index contributed by atoms with van der Waals surface area (Å²) in [6, 6.07) is 22.2. The quantitative estimate of drug-likeness (QED) is 0.237. The Morgan fingerprint density at radius 1 is 0.946 bits per heavy atom. The maximum absolute atomic E-state index is 13.5. The number of aromatic nitrogens is 2. The van der Waals surface area contributed by atoms with Gasteiger partial charge in [0.15, 0.2) is 0 Å². The van der Waals surface area contributed by atoms with E-state index in [1.54, 1.807) is 37.4 Å². The summed E-state index contributed by atoms with van der Waals surface area (Å²) < 4.78 is 28.3. The van der Waals surface area contributed by atoms with E-state index in [0.29, 0.717) is 28.3 Å². The van der Waals surface area contributed by atoms with Crippen LogP contribution in [0.4, 0.5) is 17.1 Å². The molecule has 0 saturated heterocycles. The van der Waals surface area contributed by atoms with Crippen LogP contribution in [-0.4, -0.2) is 30.7 Å². The highest BCUT2D eigenvalue weighted by Crippen LogP contribution is 2.28. The molecule has 2 N–H and O–H groups in total. The number of aliphatic imine (C=N–C) groups is 1. The van der Waals surface area contributed by atoms with Gasteiger partial charge in [-0.15, -0.1) is 0 Å². The normalized spacial score (nSPS) is 11.7. The monoisotopic (exact) mass is 517 g/mol. The zero-order chi connectivity index (χ0) is 26.6. The minimum absolute atomic E-state index is 0.305. The second kappa shape index (κ2) is 10.9. The van der Waals surface area contributed by atoms with Crippen LogP contribution in [0.5, 0.6) is 0 Å². The van der Waals surface area contributed by atoms with Gasteiger partial charge in [0.25, 0.3) is 5.56 Å². The van der Waals surface area contributed by atoms with Crippen LogP contribution in [0.3, 0.4) is 0 Å². The Kier molecular flexibility index (Phi) is 7.63. The van der Waals surface area contributed by atoms with Gasteiger partial charge in [0, 0.05) is 11.9 Å². The Morgan fingerprint density at radius 2 is 1.57 bits per heavy atom. The zero-order valence-corrected chi connectivity index (χ0v) is 22.2. The summed E-state index contributed by atoms with van der Waals surface area (Å²) in [6.07, 6.45) is 4.23. The molecule has 0 spiro atoms. The maximum Gasteiger partial charge on any atom is 0.280 e. The largest absolute Gasteiger partial charge is 0.295 e. The molecule has 9 heteroatoms. The fraction of sp³-hybridized carbons (Fsp3) is 0.214. The van der Waals surface area contributed by atoms with Gasteiger partial charge in [-0.3, -0.25) is 20.3 Å². The molecule has 4 rings (SSSR count). The molecule has 37 heavy (non-hydrogen) atoms. The van der Waals surface area contributed by atoms with Crippen LogP contribution in [0.2, 0.25) is 0 Å². The van der Waals surface area contributed by atoms with E-state index in [-0.39, 0.29) is 5.56 Å². The Balaban J connectivity index is 1.79. The van der Waals surface area contributed by atoms with Gasteiger partial charge in [0.2, 0.25) is 10.0 Å². The van der Waals surface area contributed by atoms with Gasteiger partial charge in [0.1, 0.15) is 5.69 Å². The van der Waals surface area contributed by atoms with Crippen molar-refractivity contribution in [3.8, 4) is 5.69 Å². The van der Waals surface area contributed by atoms with Crippen LogP contribution < -0.4 is 15.4 Å². The third-order valence-electron chi connectivity index (χ3n) is 6.12. The molecule has 0 saturated carbocycles. The van der Waals surface area contributed by atoms with Gasteiger partial charge in [-0.25, -0.2) is 13.1 Å². The molecule has 0 radical (unpaired) electrons. The SMILES string of the molecule is CCc1ccccc1N=Cc1c(C)[nH]n(-c2ccccc2N(Nc2ccccc2CC)S(C)(=O)=O)c1=O. The molecule has 0 bridgehead atoms. The minimum atomic E-state index is -3.78. The third-order valence-corrected chi connectivity index (χ3v) is 7.07. The topological polar surface area (TPSA) is 99.6 Å². The summed E-state index contributed by atoms with van der Waals surface area (Å²) >= 11 is 0. The van der Waals surface area contributed by atoms with Gasteiger partial charge in [-0.2, -0.15) is 4.41 Å². The number of nitrogens with one attached hydrogen (secondary N) is 2. The summed E-state index contributed by atoms with van der Waals surface area (Å²) in [5.41, 5.74) is 7.96. The minimum Gasteiger partial charge on any atom is -0.295 e. The molecule has 0 atom stereocenters. The maximum atomic E-state index is 13.5. The molecule has 0 amide bonds. The third kappa shape index (κ3) is 5.51. The number of aromatic amines is 1. The first-order chi connectivity index (χ1) is 17.7. The standard InChI is InChI=1S/C28H31N5O3S/c1-5-21-13-7-9-15-24(21)29-19-23-20(3)30-32(28(23)34)26-17-11-12-18-27(26)33(37(4,35)36)31-25-16-10-8-14-22(25)6-2/h7-19,30-31H,5-6H2,1-4H3. The number of benzene rings is 3. The van der Waals surface area contributed by atoms with Crippen molar-refractivity contribution in [3.05, 3.63) is 106 Å².